The van der Waals surface area contributed by atoms with Gasteiger partial charge in [0.25, 0.3) is 0 Å². The van der Waals surface area contributed by atoms with E-state index in [0.717, 1.165) is 5.56 Å². The van der Waals surface area contributed by atoms with Crippen LogP contribution in [0.1, 0.15) is 39.2 Å². The molecule has 0 saturated carbocycles. The summed E-state index contributed by atoms with van der Waals surface area (Å²) in [5, 5.41) is 10.6. The summed E-state index contributed by atoms with van der Waals surface area (Å²) in [6.07, 6.45) is 1.18. The van der Waals surface area contributed by atoms with Gasteiger partial charge in [-0.3, -0.25) is 0 Å². The first-order valence-electron chi connectivity index (χ1n) is 7.67. The van der Waals surface area contributed by atoms with Gasteiger partial charge < -0.3 is 14.7 Å². The quantitative estimate of drug-likeness (QED) is 0.903. The maximum atomic E-state index is 12.4. The molecule has 2 unspecified atom stereocenters. The number of piperidine rings is 1. The zero-order valence-electron chi connectivity index (χ0n) is 13.4. The summed E-state index contributed by atoms with van der Waals surface area (Å²) in [6, 6.07) is 7.54. The summed E-state index contributed by atoms with van der Waals surface area (Å²) in [4.78, 5) is 14.1. The molecule has 2 atom stereocenters. The molecule has 1 heterocycles. The average molecular weight is 326 g/mol. The van der Waals surface area contributed by atoms with Crippen molar-refractivity contribution in [2.75, 3.05) is 6.54 Å². The minimum atomic E-state index is -0.516. The van der Waals surface area contributed by atoms with Crippen LogP contribution in [0.4, 0.5) is 4.79 Å². The fraction of sp³-hybridized carbons (Fsp3) is 0.588. The number of likely N-dealkylation sites (tertiary alicyclic amines) is 1. The van der Waals surface area contributed by atoms with E-state index in [4.69, 9.17) is 16.3 Å². The first kappa shape index (κ1) is 17.1. The van der Waals surface area contributed by atoms with Crippen LogP contribution in [0, 0.1) is 0 Å². The maximum Gasteiger partial charge on any atom is 0.410 e. The second-order valence-electron chi connectivity index (χ2n) is 6.84. The summed E-state index contributed by atoms with van der Waals surface area (Å²) < 4.78 is 5.48. The Kier molecular flexibility index (Phi) is 5.35. The third-order valence-electron chi connectivity index (χ3n) is 3.70. The highest BCUT2D eigenvalue weighted by Gasteiger charge is 2.33. The molecule has 1 fully saturated rings. The summed E-state index contributed by atoms with van der Waals surface area (Å²) in [6.45, 7) is 6.10. The van der Waals surface area contributed by atoms with Gasteiger partial charge in [-0.2, -0.15) is 0 Å². The maximum absolute atomic E-state index is 12.4. The average Bonchev–Trinajstić information content (AvgIpc) is 2.39. The van der Waals surface area contributed by atoms with Gasteiger partial charge in [0.2, 0.25) is 0 Å². The molecule has 0 aliphatic carbocycles. The van der Waals surface area contributed by atoms with Crippen molar-refractivity contribution in [1.82, 2.24) is 4.90 Å². The summed E-state index contributed by atoms with van der Waals surface area (Å²) in [5.41, 5.74) is 0.579. The fourth-order valence-electron chi connectivity index (χ4n) is 2.68. The number of carbonyl (C=O) groups excluding carboxylic acids is 1. The molecule has 0 aromatic heterocycles. The lowest BCUT2D eigenvalue weighted by Gasteiger charge is -2.38. The van der Waals surface area contributed by atoms with Crippen LogP contribution in [-0.4, -0.2) is 40.4 Å². The van der Waals surface area contributed by atoms with E-state index in [1.54, 1.807) is 4.90 Å². The highest BCUT2D eigenvalue weighted by atomic mass is 35.5. The Balaban J connectivity index is 2.09. The minimum absolute atomic E-state index is 0.0558. The molecule has 1 aromatic rings. The number of hydrogen-bond donors (Lipinski definition) is 1. The van der Waals surface area contributed by atoms with Crippen molar-refractivity contribution in [2.45, 2.75) is 57.8 Å². The van der Waals surface area contributed by atoms with Crippen molar-refractivity contribution in [2.24, 2.45) is 0 Å². The third kappa shape index (κ3) is 4.89. The Bertz CT molecular complexity index is 510. The van der Waals surface area contributed by atoms with E-state index in [0.29, 0.717) is 30.8 Å². The van der Waals surface area contributed by atoms with Gasteiger partial charge in [-0.05, 0) is 57.7 Å². The van der Waals surface area contributed by atoms with Crippen LogP contribution in [0.5, 0.6) is 0 Å². The lowest BCUT2D eigenvalue weighted by molar-refractivity contribution is -0.00767. The molecule has 1 aromatic carbocycles. The van der Waals surface area contributed by atoms with Crippen LogP contribution in [0.15, 0.2) is 24.3 Å². The van der Waals surface area contributed by atoms with Gasteiger partial charge >= 0.3 is 6.09 Å². The number of nitrogens with zero attached hydrogens (tertiary/aromatic N) is 1. The predicted molar refractivity (Wildman–Crippen MR) is 87.1 cm³/mol. The Morgan fingerprint density at radius 1 is 1.36 bits per heavy atom. The second-order valence-corrected chi connectivity index (χ2v) is 7.27. The molecular weight excluding hydrogens is 302 g/mol. The lowest BCUT2D eigenvalue weighted by Crippen LogP contribution is -2.50. The molecule has 0 spiro atoms. The normalized spacial score (nSPS) is 22.5. The number of amides is 1. The van der Waals surface area contributed by atoms with Gasteiger partial charge in [0.1, 0.15) is 5.60 Å². The number of carbonyl (C=O) groups is 1. The SMILES string of the molecule is CC(C)(C)OC(=O)N1CCC(O)CC1Cc1ccc(Cl)cc1. The Hall–Kier alpha value is -1.26. The number of aliphatic hydroxyl groups excluding tert-OH is 1. The highest BCUT2D eigenvalue weighted by Crippen LogP contribution is 2.24. The number of hydrogen-bond acceptors (Lipinski definition) is 3. The number of rotatable bonds is 2. The molecule has 2 rings (SSSR count). The Labute approximate surface area is 137 Å². The predicted octanol–water partition coefficient (Wildman–Crippen LogP) is 3.64. The van der Waals surface area contributed by atoms with Crippen molar-refractivity contribution in [1.29, 1.82) is 0 Å². The van der Waals surface area contributed by atoms with Crippen molar-refractivity contribution >= 4 is 17.7 Å². The van der Waals surface area contributed by atoms with Crippen molar-refractivity contribution in [3.05, 3.63) is 34.9 Å². The first-order valence-corrected chi connectivity index (χ1v) is 8.04. The smallest absolute Gasteiger partial charge is 0.410 e. The highest BCUT2D eigenvalue weighted by molar-refractivity contribution is 6.30. The van der Waals surface area contributed by atoms with Crippen LogP contribution in [0.3, 0.4) is 0 Å². The largest absolute Gasteiger partial charge is 0.444 e. The van der Waals surface area contributed by atoms with Crippen LogP contribution in [-0.2, 0) is 11.2 Å². The van der Waals surface area contributed by atoms with E-state index in [2.05, 4.69) is 0 Å². The molecule has 22 heavy (non-hydrogen) atoms. The molecule has 5 heteroatoms. The van der Waals surface area contributed by atoms with E-state index in [-0.39, 0.29) is 18.2 Å². The van der Waals surface area contributed by atoms with Gasteiger partial charge in [-0.25, -0.2) is 4.79 Å². The van der Waals surface area contributed by atoms with E-state index in [1.165, 1.54) is 0 Å². The first-order chi connectivity index (χ1) is 10.2. The molecule has 1 N–H and O–H groups in total. The van der Waals surface area contributed by atoms with Crippen molar-refractivity contribution in [3.8, 4) is 0 Å². The van der Waals surface area contributed by atoms with E-state index in [1.807, 2.05) is 45.0 Å². The second kappa shape index (κ2) is 6.88. The zero-order valence-corrected chi connectivity index (χ0v) is 14.1. The standard InChI is InChI=1S/C17H24ClNO3/c1-17(2,3)22-16(21)19-9-8-15(20)11-14(19)10-12-4-6-13(18)7-5-12/h4-7,14-15,20H,8-11H2,1-3H3. The molecular formula is C17H24ClNO3. The summed E-state index contributed by atoms with van der Waals surface area (Å²) in [7, 11) is 0. The van der Waals surface area contributed by atoms with E-state index >= 15 is 0 Å². The lowest BCUT2D eigenvalue weighted by atomic mass is 9.94. The van der Waals surface area contributed by atoms with Crippen molar-refractivity contribution < 1.29 is 14.6 Å². The number of benzene rings is 1. The molecule has 1 aliphatic rings. The number of ether oxygens (including phenoxy) is 1. The number of halogens is 1. The van der Waals surface area contributed by atoms with Crippen molar-refractivity contribution in [3.63, 3.8) is 0 Å². The molecule has 0 radical (unpaired) electrons. The van der Waals surface area contributed by atoms with Crippen LogP contribution in [0.2, 0.25) is 5.02 Å². The monoisotopic (exact) mass is 325 g/mol. The van der Waals surface area contributed by atoms with Gasteiger partial charge in [0.05, 0.1) is 6.10 Å². The third-order valence-corrected chi connectivity index (χ3v) is 3.95. The molecule has 1 amide bonds. The molecule has 1 saturated heterocycles. The van der Waals surface area contributed by atoms with Gasteiger partial charge in [-0.15, -0.1) is 0 Å². The number of aliphatic hydroxyl groups is 1. The molecule has 4 nitrogen and oxygen atoms in total. The van der Waals surface area contributed by atoms with Gasteiger partial charge in [0.15, 0.2) is 0 Å². The van der Waals surface area contributed by atoms with Crippen LogP contribution < -0.4 is 0 Å². The Morgan fingerprint density at radius 3 is 2.59 bits per heavy atom. The summed E-state index contributed by atoms with van der Waals surface area (Å²) >= 11 is 5.90. The molecule has 0 bridgehead atoms. The van der Waals surface area contributed by atoms with Gasteiger partial charge in [0, 0.05) is 17.6 Å². The topological polar surface area (TPSA) is 49.8 Å². The Morgan fingerprint density at radius 2 is 2.00 bits per heavy atom. The minimum Gasteiger partial charge on any atom is -0.444 e. The molecule has 1 aliphatic heterocycles. The van der Waals surface area contributed by atoms with E-state index < -0.39 is 5.60 Å². The van der Waals surface area contributed by atoms with Crippen LogP contribution in [0.25, 0.3) is 0 Å². The van der Waals surface area contributed by atoms with Gasteiger partial charge in [-0.1, -0.05) is 23.7 Å². The summed E-state index contributed by atoms with van der Waals surface area (Å²) in [5.74, 6) is 0. The zero-order chi connectivity index (χ0) is 16.3. The van der Waals surface area contributed by atoms with Crippen LogP contribution >= 0.6 is 11.6 Å². The van der Waals surface area contributed by atoms with E-state index in [9.17, 15) is 9.90 Å². The fourth-order valence-corrected chi connectivity index (χ4v) is 2.80. The molecule has 122 valence electrons.